The van der Waals surface area contributed by atoms with E-state index in [1.807, 2.05) is 24.3 Å². The van der Waals surface area contributed by atoms with E-state index in [9.17, 15) is 9.90 Å². The number of para-hydroxylation sites is 2. The maximum Gasteiger partial charge on any atom is 0.234 e. The SMILES string of the molecule is COc1ccccc1NC(=O)CSCCCc1cc(C(C)(C)C)c(O)c(C(C)(C)C)c1. The van der Waals surface area contributed by atoms with Gasteiger partial charge in [-0.15, -0.1) is 0 Å². The molecule has 4 nitrogen and oxygen atoms in total. The minimum Gasteiger partial charge on any atom is -0.507 e. The van der Waals surface area contributed by atoms with E-state index in [2.05, 4.69) is 59.0 Å². The van der Waals surface area contributed by atoms with E-state index in [0.717, 1.165) is 29.7 Å². The molecule has 0 fully saturated rings. The fraction of sp³-hybridized carbons (Fsp3) is 0.500. The van der Waals surface area contributed by atoms with Gasteiger partial charge in [0.15, 0.2) is 0 Å². The summed E-state index contributed by atoms with van der Waals surface area (Å²) in [6.07, 6.45) is 1.90. The number of carbonyl (C=O) groups excluding carboxylic acids is 1. The number of amides is 1. The third-order valence-electron chi connectivity index (χ3n) is 5.15. The second-order valence-electron chi connectivity index (χ2n) is 9.94. The number of thioether (sulfide) groups is 1. The van der Waals surface area contributed by atoms with Crippen molar-refractivity contribution >= 4 is 23.4 Å². The molecule has 31 heavy (non-hydrogen) atoms. The van der Waals surface area contributed by atoms with Gasteiger partial charge in [0, 0.05) is 0 Å². The maximum atomic E-state index is 12.2. The van der Waals surface area contributed by atoms with Gasteiger partial charge in [-0.25, -0.2) is 0 Å². The summed E-state index contributed by atoms with van der Waals surface area (Å²) in [4.78, 5) is 12.2. The van der Waals surface area contributed by atoms with Crippen LogP contribution in [0.4, 0.5) is 5.69 Å². The monoisotopic (exact) mass is 443 g/mol. The smallest absolute Gasteiger partial charge is 0.234 e. The van der Waals surface area contributed by atoms with Crippen LogP contribution in [0.3, 0.4) is 0 Å². The van der Waals surface area contributed by atoms with Crippen molar-refractivity contribution in [2.45, 2.75) is 65.2 Å². The Morgan fingerprint density at radius 2 is 1.61 bits per heavy atom. The zero-order valence-electron chi connectivity index (χ0n) is 20.0. The predicted molar refractivity (Wildman–Crippen MR) is 133 cm³/mol. The topological polar surface area (TPSA) is 58.6 Å². The number of aromatic hydroxyl groups is 1. The third-order valence-corrected chi connectivity index (χ3v) is 6.20. The number of methoxy groups -OCH3 is 1. The molecule has 0 aromatic heterocycles. The van der Waals surface area contributed by atoms with Gasteiger partial charge in [-0.3, -0.25) is 4.79 Å². The van der Waals surface area contributed by atoms with Gasteiger partial charge in [0.1, 0.15) is 11.5 Å². The van der Waals surface area contributed by atoms with Crippen LogP contribution >= 0.6 is 11.8 Å². The van der Waals surface area contributed by atoms with Crippen molar-refractivity contribution in [3.63, 3.8) is 0 Å². The van der Waals surface area contributed by atoms with Gasteiger partial charge in [0.2, 0.25) is 5.91 Å². The van der Waals surface area contributed by atoms with Crippen molar-refractivity contribution in [2.75, 3.05) is 23.9 Å². The first-order valence-electron chi connectivity index (χ1n) is 10.8. The molecule has 0 saturated heterocycles. The minimum absolute atomic E-state index is 0.0239. The number of carbonyl (C=O) groups is 1. The normalized spacial score (nSPS) is 12.0. The van der Waals surface area contributed by atoms with Crippen LogP contribution in [0.2, 0.25) is 0 Å². The lowest BCUT2D eigenvalue weighted by Crippen LogP contribution is -2.18. The second-order valence-corrected chi connectivity index (χ2v) is 11.0. The molecule has 0 radical (unpaired) electrons. The van der Waals surface area contributed by atoms with E-state index in [1.54, 1.807) is 18.9 Å². The molecule has 0 spiro atoms. The molecule has 0 saturated carbocycles. The molecule has 2 aromatic rings. The Morgan fingerprint density at radius 1 is 1.03 bits per heavy atom. The van der Waals surface area contributed by atoms with Crippen molar-refractivity contribution in [1.29, 1.82) is 0 Å². The molecule has 2 rings (SSSR count). The molecular weight excluding hydrogens is 406 g/mol. The van der Waals surface area contributed by atoms with Crippen molar-refractivity contribution in [3.05, 3.63) is 53.1 Å². The highest BCUT2D eigenvalue weighted by Crippen LogP contribution is 2.40. The fourth-order valence-electron chi connectivity index (χ4n) is 3.46. The quantitative estimate of drug-likeness (QED) is 0.470. The Morgan fingerprint density at radius 3 is 2.16 bits per heavy atom. The molecule has 2 N–H and O–H groups in total. The summed E-state index contributed by atoms with van der Waals surface area (Å²) in [6.45, 7) is 12.8. The first kappa shape index (κ1) is 25.1. The van der Waals surface area contributed by atoms with E-state index in [1.165, 1.54) is 5.56 Å². The standard InChI is InChI=1S/C26H37NO3S/c1-25(2,3)19-15-18(16-20(24(19)29)26(4,5)6)11-10-14-31-17-23(28)27-21-12-8-9-13-22(21)30-7/h8-9,12-13,15-16,29H,10-11,14,17H2,1-7H3,(H,27,28). The summed E-state index contributed by atoms with van der Waals surface area (Å²) in [6, 6.07) is 11.7. The molecule has 0 aliphatic heterocycles. The van der Waals surface area contributed by atoms with Crippen LogP contribution in [0, 0.1) is 0 Å². The number of rotatable bonds is 8. The number of anilines is 1. The molecule has 0 unspecified atom stereocenters. The zero-order valence-corrected chi connectivity index (χ0v) is 20.8. The van der Waals surface area contributed by atoms with Crippen molar-refractivity contribution in [3.8, 4) is 11.5 Å². The summed E-state index contributed by atoms with van der Waals surface area (Å²) in [7, 11) is 1.60. The van der Waals surface area contributed by atoms with Gasteiger partial charge >= 0.3 is 0 Å². The van der Waals surface area contributed by atoms with Crippen LogP contribution in [0.5, 0.6) is 11.5 Å². The Labute approximate surface area is 191 Å². The number of hydrogen-bond donors (Lipinski definition) is 2. The summed E-state index contributed by atoms with van der Waals surface area (Å²) >= 11 is 1.63. The molecule has 0 aliphatic rings. The number of nitrogens with one attached hydrogen (secondary N) is 1. The van der Waals surface area contributed by atoms with Gasteiger partial charge in [-0.1, -0.05) is 65.8 Å². The van der Waals surface area contributed by atoms with Crippen molar-refractivity contribution in [1.82, 2.24) is 0 Å². The average Bonchev–Trinajstić information content (AvgIpc) is 2.67. The van der Waals surface area contributed by atoms with Crippen LogP contribution in [0.25, 0.3) is 0 Å². The molecule has 1 amide bonds. The lowest BCUT2D eigenvalue weighted by molar-refractivity contribution is -0.113. The van der Waals surface area contributed by atoms with Gasteiger partial charge < -0.3 is 15.2 Å². The lowest BCUT2D eigenvalue weighted by atomic mass is 9.78. The highest BCUT2D eigenvalue weighted by molar-refractivity contribution is 7.99. The molecule has 0 atom stereocenters. The molecule has 0 aliphatic carbocycles. The molecule has 0 bridgehead atoms. The van der Waals surface area contributed by atoms with Crippen molar-refractivity contribution in [2.24, 2.45) is 0 Å². The first-order chi connectivity index (χ1) is 14.4. The zero-order chi connectivity index (χ0) is 23.2. The number of ether oxygens (including phenoxy) is 1. The van der Waals surface area contributed by atoms with E-state index in [-0.39, 0.29) is 16.7 Å². The van der Waals surface area contributed by atoms with Gasteiger partial charge in [0.25, 0.3) is 0 Å². The van der Waals surface area contributed by atoms with E-state index >= 15 is 0 Å². The summed E-state index contributed by atoms with van der Waals surface area (Å²) in [5.41, 5.74) is 3.70. The molecule has 2 aromatic carbocycles. The van der Waals surface area contributed by atoms with Gasteiger partial charge in [-0.2, -0.15) is 11.8 Å². The fourth-order valence-corrected chi connectivity index (χ4v) is 4.21. The second kappa shape index (κ2) is 10.4. The van der Waals surface area contributed by atoms with Crippen LogP contribution in [0.1, 0.15) is 64.7 Å². The summed E-state index contributed by atoms with van der Waals surface area (Å²) < 4.78 is 5.27. The molecular formula is C26H37NO3S. The number of phenols is 1. The lowest BCUT2D eigenvalue weighted by Gasteiger charge is -2.28. The molecule has 5 heteroatoms. The van der Waals surface area contributed by atoms with Crippen molar-refractivity contribution < 1.29 is 14.6 Å². The average molecular weight is 444 g/mol. The number of aryl methyl sites for hydroxylation is 1. The van der Waals surface area contributed by atoms with Crippen LogP contribution in [0.15, 0.2) is 36.4 Å². The highest BCUT2D eigenvalue weighted by Gasteiger charge is 2.26. The van der Waals surface area contributed by atoms with Crippen LogP contribution in [-0.2, 0) is 22.0 Å². The number of phenolic OH excluding ortho intramolecular Hbond substituents is 1. The van der Waals surface area contributed by atoms with Gasteiger partial charge in [-0.05, 0) is 58.2 Å². The van der Waals surface area contributed by atoms with Crippen LogP contribution < -0.4 is 10.1 Å². The predicted octanol–water partition coefficient (Wildman–Crippen LogP) is 6.30. The first-order valence-corrected chi connectivity index (χ1v) is 12.0. The van der Waals surface area contributed by atoms with Gasteiger partial charge in [0.05, 0.1) is 18.6 Å². The third kappa shape index (κ3) is 7.20. The van der Waals surface area contributed by atoms with E-state index in [4.69, 9.17) is 4.74 Å². The number of benzene rings is 2. The summed E-state index contributed by atoms with van der Waals surface area (Å²) in [5, 5.41) is 13.8. The molecule has 0 heterocycles. The maximum absolute atomic E-state index is 12.2. The Bertz CT molecular complexity index is 859. The summed E-state index contributed by atoms with van der Waals surface area (Å²) in [5.74, 6) is 2.37. The van der Waals surface area contributed by atoms with Crippen LogP contribution in [-0.4, -0.2) is 29.6 Å². The highest BCUT2D eigenvalue weighted by atomic mass is 32.2. The Hall–Kier alpha value is -2.14. The largest absolute Gasteiger partial charge is 0.507 e. The Kier molecular flexibility index (Phi) is 8.47. The number of hydrogen-bond acceptors (Lipinski definition) is 4. The Balaban J connectivity index is 1.93. The molecule has 170 valence electrons. The van der Waals surface area contributed by atoms with E-state index in [0.29, 0.717) is 22.9 Å². The van der Waals surface area contributed by atoms with E-state index < -0.39 is 0 Å². The minimum atomic E-state index is -0.120.